The Balaban J connectivity index is 2.79. The van der Waals surface area contributed by atoms with Crippen LogP contribution in [-0.2, 0) is 0 Å². The number of benzene rings is 1. The molecule has 16 heavy (non-hydrogen) atoms. The number of aromatic hydroxyl groups is 1. The van der Waals surface area contributed by atoms with Gasteiger partial charge in [-0.15, -0.1) is 0 Å². The van der Waals surface area contributed by atoms with Crippen LogP contribution in [0.3, 0.4) is 0 Å². The van der Waals surface area contributed by atoms with Gasteiger partial charge in [0.1, 0.15) is 11.6 Å². The Hall–Kier alpha value is -1.58. The van der Waals surface area contributed by atoms with E-state index in [1.165, 1.54) is 17.0 Å². The fraction of sp³-hybridized carbons (Fsp3) is 0.417. The second-order valence-electron chi connectivity index (χ2n) is 3.74. The molecule has 4 heteroatoms. The summed E-state index contributed by atoms with van der Waals surface area (Å²) in [5.74, 6) is -1.15. The fourth-order valence-electron chi connectivity index (χ4n) is 1.39. The van der Waals surface area contributed by atoms with Gasteiger partial charge in [-0.2, -0.15) is 0 Å². The number of unbranched alkanes of at least 4 members (excludes halogenated alkanes) is 1. The molecule has 1 aromatic rings. The molecular formula is C12H16FNO2. The Labute approximate surface area is 94.5 Å². The molecule has 0 radical (unpaired) electrons. The third kappa shape index (κ3) is 2.95. The van der Waals surface area contributed by atoms with Gasteiger partial charge in [0.05, 0.1) is 5.56 Å². The van der Waals surface area contributed by atoms with Crippen molar-refractivity contribution in [3.05, 3.63) is 29.6 Å². The van der Waals surface area contributed by atoms with Crippen molar-refractivity contribution >= 4 is 5.91 Å². The predicted molar refractivity (Wildman–Crippen MR) is 59.9 cm³/mol. The van der Waals surface area contributed by atoms with Crippen molar-refractivity contribution < 1.29 is 14.3 Å². The molecule has 0 saturated heterocycles. The number of carbonyl (C=O) groups excluding carboxylic acids is 1. The molecule has 1 amide bonds. The van der Waals surface area contributed by atoms with Crippen molar-refractivity contribution in [2.45, 2.75) is 19.8 Å². The number of nitrogens with zero attached hydrogens (tertiary/aromatic N) is 1. The van der Waals surface area contributed by atoms with E-state index in [-0.39, 0.29) is 17.2 Å². The van der Waals surface area contributed by atoms with E-state index in [2.05, 4.69) is 0 Å². The van der Waals surface area contributed by atoms with Crippen molar-refractivity contribution in [3.63, 3.8) is 0 Å². The summed E-state index contributed by atoms with van der Waals surface area (Å²) < 4.78 is 12.7. The summed E-state index contributed by atoms with van der Waals surface area (Å²) in [6.45, 7) is 2.67. The van der Waals surface area contributed by atoms with Crippen LogP contribution in [0.2, 0.25) is 0 Å². The van der Waals surface area contributed by atoms with E-state index in [0.717, 1.165) is 18.9 Å². The van der Waals surface area contributed by atoms with E-state index >= 15 is 0 Å². The largest absolute Gasteiger partial charge is 0.507 e. The Bertz CT molecular complexity index is 379. The quantitative estimate of drug-likeness (QED) is 0.854. The smallest absolute Gasteiger partial charge is 0.257 e. The van der Waals surface area contributed by atoms with Crippen LogP contribution in [-0.4, -0.2) is 29.5 Å². The number of phenols is 1. The minimum absolute atomic E-state index is 0.139. The van der Waals surface area contributed by atoms with E-state index < -0.39 is 5.82 Å². The van der Waals surface area contributed by atoms with Gasteiger partial charge in [0.15, 0.2) is 0 Å². The molecule has 0 aliphatic carbocycles. The molecule has 0 bridgehead atoms. The second kappa shape index (κ2) is 5.49. The fourth-order valence-corrected chi connectivity index (χ4v) is 1.39. The van der Waals surface area contributed by atoms with Crippen LogP contribution >= 0.6 is 0 Å². The molecule has 1 aromatic carbocycles. The molecule has 1 N–H and O–H groups in total. The average molecular weight is 225 g/mol. The molecule has 0 heterocycles. The Morgan fingerprint density at radius 3 is 2.75 bits per heavy atom. The molecule has 88 valence electrons. The van der Waals surface area contributed by atoms with Crippen LogP contribution in [0.4, 0.5) is 4.39 Å². The predicted octanol–water partition coefficient (Wildman–Crippen LogP) is 2.40. The standard InChI is InChI=1S/C12H16FNO2/c1-3-4-7-14(2)12(16)10-6-5-9(13)8-11(10)15/h5-6,8,15H,3-4,7H2,1-2H3. The molecule has 0 fully saturated rings. The molecule has 0 aliphatic heterocycles. The van der Waals surface area contributed by atoms with Crippen molar-refractivity contribution in [2.24, 2.45) is 0 Å². The monoisotopic (exact) mass is 225 g/mol. The van der Waals surface area contributed by atoms with Crippen LogP contribution < -0.4 is 0 Å². The molecule has 0 unspecified atom stereocenters. The minimum atomic E-state index is -0.551. The van der Waals surface area contributed by atoms with Gasteiger partial charge in [-0.1, -0.05) is 13.3 Å². The van der Waals surface area contributed by atoms with Crippen molar-refractivity contribution in [1.29, 1.82) is 0 Å². The Morgan fingerprint density at radius 1 is 1.50 bits per heavy atom. The maximum absolute atomic E-state index is 12.7. The van der Waals surface area contributed by atoms with Gasteiger partial charge >= 0.3 is 0 Å². The maximum atomic E-state index is 12.7. The molecule has 0 aliphatic rings. The molecule has 0 atom stereocenters. The van der Waals surface area contributed by atoms with E-state index in [9.17, 15) is 14.3 Å². The summed E-state index contributed by atoms with van der Waals surface area (Å²) >= 11 is 0. The zero-order valence-electron chi connectivity index (χ0n) is 9.53. The van der Waals surface area contributed by atoms with Crippen LogP contribution in [0.1, 0.15) is 30.1 Å². The first kappa shape index (κ1) is 12.5. The van der Waals surface area contributed by atoms with Crippen molar-refractivity contribution in [2.75, 3.05) is 13.6 Å². The van der Waals surface area contributed by atoms with Gasteiger partial charge in [0.2, 0.25) is 0 Å². The van der Waals surface area contributed by atoms with Crippen LogP contribution in [0, 0.1) is 5.82 Å². The second-order valence-corrected chi connectivity index (χ2v) is 3.74. The molecule has 1 rings (SSSR count). The number of phenolic OH excluding ortho intramolecular Hbond substituents is 1. The van der Waals surface area contributed by atoms with Crippen LogP contribution in [0.25, 0.3) is 0 Å². The van der Waals surface area contributed by atoms with Crippen LogP contribution in [0.5, 0.6) is 5.75 Å². The van der Waals surface area contributed by atoms with Gasteiger partial charge in [-0.25, -0.2) is 4.39 Å². The van der Waals surface area contributed by atoms with Crippen molar-refractivity contribution in [3.8, 4) is 5.75 Å². The van der Waals surface area contributed by atoms with Crippen molar-refractivity contribution in [1.82, 2.24) is 4.90 Å². The van der Waals surface area contributed by atoms with Crippen LogP contribution in [0.15, 0.2) is 18.2 Å². The maximum Gasteiger partial charge on any atom is 0.257 e. The number of amides is 1. The zero-order chi connectivity index (χ0) is 12.1. The number of halogens is 1. The lowest BCUT2D eigenvalue weighted by atomic mass is 10.1. The third-order valence-corrected chi connectivity index (χ3v) is 2.38. The van der Waals surface area contributed by atoms with E-state index in [1.54, 1.807) is 7.05 Å². The Morgan fingerprint density at radius 2 is 2.19 bits per heavy atom. The average Bonchev–Trinajstić information content (AvgIpc) is 2.25. The summed E-state index contributed by atoms with van der Waals surface area (Å²) in [5.41, 5.74) is 0.139. The Kier molecular flexibility index (Phi) is 4.28. The first-order valence-electron chi connectivity index (χ1n) is 5.30. The summed E-state index contributed by atoms with van der Waals surface area (Å²) in [4.78, 5) is 13.4. The summed E-state index contributed by atoms with van der Waals surface area (Å²) in [5, 5.41) is 9.45. The summed E-state index contributed by atoms with van der Waals surface area (Å²) in [6, 6.07) is 3.41. The molecule has 0 spiro atoms. The lowest BCUT2D eigenvalue weighted by Crippen LogP contribution is -2.27. The lowest BCUT2D eigenvalue weighted by Gasteiger charge is -2.17. The number of carbonyl (C=O) groups is 1. The van der Waals surface area contributed by atoms with E-state index in [0.29, 0.717) is 6.54 Å². The molecular weight excluding hydrogens is 209 g/mol. The van der Waals surface area contributed by atoms with Gasteiger partial charge in [-0.05, 0) is 18.6 Å². The highest BCUT2D eigenvalue weighted by Gasteiger charge is 2.15. The molecule has 0 saturated carbocycles. The zero-order valence-corrected chi connectivity index (χ0v) is 9.53. The number of hydrogen-bond donors (Lipinski definition) is 1. The van der Waals surface area contributed by atoms with Gasteiger partial charge < -0.3 is 10.0 Å². The highest BCUT2D eigenvalue weighted by atomic mass is 19.1. The number of hydrogen-bond acceptors (Lipinski definition) is 2. The lowest BCUT2D eigenvalue weighted by molar-refractivity contribution is 0.0790. The van der Waals surface area contributed by atoms with Gasteiger partial charge in [0.25, 0.3) is 5.91 Å². The topological polar surface area (TPSA) is 40.5 Å². The molecule has 0 aromatic heterocycles. The number of rotatable bonds is 4. The first-order chi connectivity index (χ1) is 7.56. The SMILES string of the molecule is CCCCN(C)C(=O)c1ccc(F)cc1O. The summed E-state index contributed by atoms with van der Waals surface area (Å²) in [6.07, 6.45) is 1.90. The normalized spacial score (nSPS) is 10.2. The molecule has 3 nitrogen and oxygen atoms in total. The first-order valence-corrected chi connectivity index (χ1v) is 5.30. The van der Waals surface area contributed by atoms with Gasteiger partial charge in [0, 0.05) is 19.7 Å². The van der Waals surface area contributed by atoms with E-state index in [4.69, 9.17) is 0 Å². The van der Waals surface area contributed by atoms with Gasteiger partial charge in [-0.3, -0.25) is 4.79 Å². The highest BCUT2D eigenvalue weighted by molar-refractivity contribution is 5.96. The summed E-state index contributed by atoms with van der Waals surface area (Å²) in [7, 11) is 1.67. The highest BCUT2D eigenvalue weighted by Crippen LogP contribution is 2.19. The minimum Gasteiger partial charge on any atom is -0.507 e. The van der Waals surface area contributed by atoms with E-state index in [1.807, 2.05) is 6.92 Å². The third-order valence-electron chi connectivity index (χ3n) is 2.38.